The van der Waals surface area contributed by atoms with Crippen LogP contribution in [0.5, 0.6) is 5.75 Å². The summed E-state index contributed by atoms with van der Waals surface area (Å²) in [4.78, 5) is 45.8. The van der Waals surface area contributed by atoms with E-state index in [1.807, 2.05) is 110 Å². The molecule has 254 valence electrons. The van der Waals surface area contributed by atoms with E-state index in [0.29, 0.717) is 34.3 Å². The van der Waals surface area contributed by atoms with Crippen molar-refractivity contribution >= 4 is 57.7 Å². The number of aryl methyl sites for hydroxylation is 1. The molecule has 0 fully saturated rings. The molecule has 0 radical (unpaired) electrons. The van der Waals surface area contributed by atoms with Gasteiger partial charge < -0.3 is 20.7 Å². The van der Waals surface area contributed by atoms with Crippen molar-refractivity contribution in [2.75, 3.05) is 16.4 Å². The number of hydrogen-bond acceptors (Lipinski definition) is 7. The maximum atomic E-state index is 13.5. The summed E-state index contributed by atoms with van der Waals surface area (Å²) in [5, 5.41) is 9.10. The van der Waals surface area contributed by atoms with Gasteiger partial charge in [-0.25, -0.2) is 4.98 Å². The van der Waals surface area contributed by atoms with Crippen LogP contribution in [0.2, 0.25) is 0 Å². The summed E-state index contributed by atoms with van der Waals surface area (Å²) in [5.74, 6) is -0.183. The van der Waals surface area contributed by atoms with Gasteiger partial charge in [0.05, 0.1) is 11.4 Å². The van der Waals surface area contributed by atoms with Crippen molar-refractivity contribution in [2.45, 2.75) is 18.4 Å². The molecule has 0 aliphatic rings. The van der Waals surface area contributed by atoms with Crippen molar-refractivity contribution in [1.29, 1.82) is 0 Å². The highest BCUT2D eigenvalue weighted by Gasteiger charge is 2.16. The molecule has 0 aliphatic carbocycles. The molecule has 8 nitrogen and oxygen atoms in total. The van der Waals surface area contributed by atoms with Gasteiger partial charge >= 0.3 is 0 Å². The zero-order valence-corrected chi connectivity index (χ0v) is 29.3. The van der Waals surface area contributed by atoms with Gasteiger partial charge in [-0.1, -0.05) is 91.0 Å². The second kappa shape index (κ2) is 17.1. The average Bonchev–Trinajstić information content (AvgIpc) is 3.54. The van der Waals surface area contributed by atoms with Crippen molar-refractivity contribution in [3.63, 3.8) is 0 Å². The molecule has 6 rings (SSSR count). The van der Waals surface area contributed by atoms with Crippen molar-refractivity contribution in [3.05, 3.63) is 167 Å². The van der Waals surface area contributed by atoms with Gasteiger partial charge in [0.15, 0.2) is 5.13 Å². The molecule has 1 aromatic heterocycles. The number of amides is 3. The third kappa shape index (κ3) is 10.0. The summed E-state index contributed by atoms with van der Waals surface area (Å²) >= 11 is 2.82. The Labute approximate surface area is 304 Å². The molecule has 5 aromatic carbocycles. The lowest BCUT2D eigenvalue weighted by Gasteiger charge is -2.12. The summed E-state index contributed by atoms with van der Waals surface area (Å²) in [6.45, 7) is 2.42. The predicted molar refractivity (Wildman–Crippen MR) is 206 cm³/mol. The van der Waals surface area contributed by atoms with Crippen LogP contribution in [-0.4, -0.2) is 28.5 Å². The molecular formula is C41H34N4O4S2. The van der Waals surface area contributed by atoms with Gasteiger partial charge in [0, 0.05) is 26.6 Å². The number of benzene rings is 5. The fourth-order valence-corrected chi connectivity index (χ4v) is 6.51. The monoisotopic (exact) mass is 710 g/mol. The van der Waals surface area contributed by atoms with Crippen molar-refractivity contribution in [2.24, 2.45) is 0 Å². The van der Waals surface area contributed by atoms with Crippen LogP contribution < -0.4 is 20.7 Å². The zero-order chi connectivity index (χ0) is 35.4. The standard InChI is InChI=1S/C41H34N4O4S2/c1-28-38(31-13-7-3-8-14-31)45-41(51-28)44-37(46)27-50-35-23-19-33(20-24-35)42-40(48)36(43-39(47)32-15-9-4-10-16-32)25-29-17-21-34(22-18-29)49-26-30-11-5-2-6-12-30/h2-25H,26-27H2,1H3,(H,42,48)(H,43,47)(H,44,45,46)/b36-25-. The molecule has 1 heterocycles. The Kier molecular flexibility index (Phi) is 11.7. The lowest BCUT2D eigenvalue weighted by atomic mass is 10.1. The largest absolute Gasteiger partial charge is 0.489 e. The summed E-state index contributed by atoms with van der Waals surface area (Å²) < 4.78 is 5.89. The SMILES string of the molecule is Cc1sc(NC(=O)CSc2ccc(NC(=O)/C(=C/c3ccc(OCc4ccccc4)cc3)NC(=O)c3ccccc3)cc2)nc1-c1ccccc1. The van der Waals surface area contributed by atoms with Gasteiger partial charge in [-0.05, 0) is 72.7 Å². The number of ether oxygens (including phenoxy) is 1. The Morgan fingerprint density at radius 3 is 2.10 bits per heavy atom. The molecule has 0 unspecified atom stereocenters. The number of hydrogen-bond donors (Lipinski definition) is 3. The maximum Gasteiger partial charge on any atom is 0.272 e. The van der Waals surface area contributed by atoms with Gasteiger partial charge in [0.2, 0.25) is 5.91 Å². The molecule has 0 spiro atoms. The highest BCUT2D eigenvalue weighted by Crippen LogP contribution is 2.30. The van der Waals surface area contributed by atoms with Crippen molar-refractivity contribution in [3.8, 4) is 17.0 Å². The number of thioether (sulfide) groups is 1. The van der Waals surface area contributed by atoms with E-state index in [-0.39, 0.29) is 17.4 Å². The molecule has 0 bridgehead atoms. The normalized spacial score (nSPS) is 11.0. The molecule has 6 aromatic rings. The second-order valence-electron chi connectivity index (χ2n) is 11.3. The molecule has 0 saturated heterocycles. The molecule has 10 heteroatoms. The van der Waals surface area contributed by atoms with Crippen molar-refractivity contribution in [1.82, 2.24) is 10.3 Å². The van der Waals surface area contributed by atoms with Crippen LogP contribution >= 0.6 is 23.1 Å². The minimum Gasteiger partial charge on any atom is -0.489 e. The van der Waals surface area contributed by atoms with Gasteiger partial charge in [0.25, 0.3) is 11.8 Å². The van der Waals surface area contributed by atoms with Crippen LogP contribution in [0.4, 0.5) is 10.8 Å². The minimum absolute atomic E-state index is 0.0739. The topological polar surface area (TPSA) is 109 Å². The Morgan fingerprint density at radius 2 is 1.41 bits per heavy atom. The first kappa shape index (κ1) is 34.9. The van der Waals surface area contributed by atoms with Gasteiger partial charge in [-0.2, -0.15) is 0 Å². The Bertz CT molecular complexity index is 2120. The minimum atomic E-state index is -0.489. The van der Waals surface area contributed by atoms with E-state index in [4.69, 9.17) is 4.74 Å². The van der Waals surface area contributed by atoms with Gasteiger partial charge in [0.1, 0.15) is 18.1 Å². The van der Waals surface area contributed by atoms with E-state index >= 15 is 0 Å². The van der Waals surface area contributed by atoms with Crippen LogP contribution in [0.25, 0.3) is 17.3 Å². The summed E-state index contributed by atoms with van der Waals surface area (Å²) in [5.41, 5.74) is 4.66. The number of rotatable bonds is 13. The zero-order valence-electron chi connectivity index (χ0n) is 27.7. The van der Waals surface area contributed by atoms with E-state index in [9.17, 15) is 14.4 Å². The summed E-state index contributed by atoms with van der Waals surface area (Å²) in [7, 11) is 0. The number of anilines is 2. The fraction of sp³-hybridized carbons (Fsp3) is 0.0732. The first-order chi connectivity index (χ1) is 24.9. The summed E-state index contributed by atoms with van der Waals surface area (Å²) in [6.07, 6.45) is 1.62. The van der Waals surface area contributed by atoms with E-state index in [1.54, 1.807) is 42.5 Å². The lowest BCUT2D eigenvalue weighted by molar-refractivity contribution is -0.114. The lowest BCUT2D eigenvalue weighted by Crippen LogP contribution is -2.30. The quantitative estimate of drug-likeness (QED) is 0.0817. The highest BCUT2D eigenvalue weighted by atomic mass is 32.2. The second-order valence-corrected chi connectivity index (χ2v) is 13.6. The Morgan fingerprint density at radius 1 is 0.765 bits per heavy atom. The first-order valence-electron chi connectivity index (χ1n) is 16.1. The maximum absolute atomic E-state index is 13.5. The highest BCUT2D eigenvalue weighted by molar-refractivity contribution is 8.00. The van der Waals surface area contributed by atoms with E-state index in [2.05, 4.69) is 20.9 Å². The Hall–Kier alpha value is -5.97. The van der Waals surface area contributed by atoms with Crippen LogP contribution in [0, 0.1) is 6.92 Å². The number of carbonyl (C=O) groups excluding carboxylic acids is 3. The number of thiazole rings is 1. The average molecular weight is 711 g/mol. The number of nitrogens with one attached hydrogen (secondary N) is 3. The predicted octanol–water partition coefficient (Wildman–Crippen LogP) is 8.84. The molecule has 3 N–H and O–H groups in total. The first-order valence-corrected chi connectivity index (χ1v) is 17.9. The molecular weight excluding hydrogens is 677 g/mol. The third-order valence-corrected chi connectivity index (χ3v) is 9.44. The molecule has 3 amide bonds. The number of carbonyl (C=O) groups is 3. The number of nitrogens with zero attached hydrogens (tertiary/aromatic N) is 1. The molecule has 0 saturated carbocycles. The number of aromatic nitrogens is 1. The molecule has 0 atom stereocenters. The van der Waals surface area contributed by atoms with Gasteiger partial charge in [-0.15, -0.1) is 23.1 Å². The van der Waals surface area contributed by atoms with E-state index in [0.717, 1.165) is 26.6 Å². The Balaban J connectivity index is 1.07. The van der Waals surface area contributed by atoms with Crippen LogP contribution in [0.15, 0.2) is 150 Å². The fourth-order valence-electron chi connectivity index (χ4n) is 4.96. The van der Waals surface area contributed by atoms with Crippen LogP contribution in [0.3, 0.4) is 0 Å². The van der Waals surface area contributed by atoms with E-state index in [1.165, 1.54) is 23.1 Å². The molecule has 0 aliphatic heterocycles. The summed E-state index contributed by atoms with van der Waals surface area (Å²) in [6, 6.07) is 42.9. The van der Waals surface area contributed by atoms with Crippen LogP contribution in [0.1, 0.15) is 26.4 Å². The van der Waals surface area contributed by atoms with E-state index < -0.39 is 11.8 Å². The molecule has 51 heavy (non-hydrogen) atoms. The van der Waals surface area contributed by atoms with Gasteiger partial charge in [-0.3, -0.25) is 14.4 Å². The smallest absolute Gasteiger partial charge is 0.272 e. The van der Waals surface area contributed by atoms with Crippen molar-refractivity contribution < 1.29 is 19.1 Å². The van der Waals surface area contributed by atoms with Crippen LogP contribution in [-0.2, 0) is 16.2 Å². The third-order valence-electron chi connectivity index (χ3n) is 7.54.